The van der Waals surface area contributed by atoms with Crippen LogP contribution in [0.1, 0.15) is 22.8 Å². The van der Waals surface area contributed by atoms with Crippen molar-refractivity contribution in [2.24, 2.45) is 0 Å². The van der Waals surface area contributed by atoms with Crippen molar-refractivity contribution in [1.82, 2.24) is 20.3 Å². The van der Waals surface area contributed by atoms with Crippen LogP contribution >= 0.6 is 0 Å². The Balaban J connectivity index is 1.44. The van der Waals surface area contributed by atoms with Crippen LogP contribution in [0.2, 0.25) is 0 Å². The topological polar surface area (TPSA) is 117 Å². The summed E-state index contributed by atoms with van der Waals surface area (Å²) in [7, 11) is -3.34. The quantitative estimate of drug-likeness (QED) is 0.352. The van der Waals surface area contributed by atoms with Crippen molar-refractivity contribution >= 4 is 32.8 Å². The molecule has 1 amide bonds. The molecule has 34 heavy (non-hydrogen) atoms. The largest absolute Gasteiger partial charge is 0.352 e. The third-order valence-corrected chi connectivity index (χ3v) is 6.44. The van der Waals surface area contributed by atoms with E-state index in [-0.39, 0.29) is 34.3 Å². The van der Waals surface area contributed by atoms with Crippen LogP contribution in [-0.2, 0) is 16.4 Å². The number of carbonyl (C=O) groups excluding carboxylic acids is 1. The third-order valence-electron chi connectivity index (χ3n) is 5.13. The van der Waals surface area contributed by atoms with Crippen LogP contribution in [-0.4, -0.2) is 41.6 Å². The van der Waals surface area contributed by atoms with Gasteiger partial charge >= 0.3 is 0 Å². The summed E-state index contributed by atoms with van der Waals surface area (Å²) in [6, 6.07) is 11.6. The molecule has 2 aromatic heterocycles. The Morgan fingerprint density at radius 2 is 1.85 bits per heavy atom. The number of aromatic nitrogens is 3. The predicted octanol–water partition coefficient (Wildman–Crippen LogP) is 3.64. The van der Waals surface area contributed by atoms with Gasteiger partial charge in [0.1, 0.15) is 17.5 Å². The highest BCUT2D eigenvalue weighted by molar-refractivity contribution is 7.92. The summed E-state index contributed by atoms with van der Waals surface area (Å²) in [4.78, 5) is 24.0. The van der Waals surface area contributed by atoms with E-state index in [1.807, 2.05) is 0 Å². The van der Waals surface area contributed by atoms with Gasteiger partial charge in [-0.1, -0.05) is 12.1 Å². The molecule has 2 heterocycles. The molecule has 0 bridgehead atoms. The maximum atomic E-state index is 14.1. The number of hydrogen-bond donors (Lipinski definition) is 3. The zero-order valence-electron chi connectivity index (χ0n) is 18.1. The lowest BCUT2D eigenvalue weighted by molar-refractivity contribution is 0.0955. The highest BCUT2D eigenvalue weighted by Gasteiger charge is 2.17. The second kappa shape index (κ2) is 9.56. The zero-order chi connectivity index (χ0) is 24.3. The van der Waals surface area contributed by atoms with Gasteiger partial charge in [-0.15, -0.1) is 0 Å². The van der Waals surface area contributed by atoms with Crippen LogP contribution in [0.3, 0.4) is 0 Å². The molecule has 0 spiro atoms. The maximum absolute atomic E-state index is 14.1. The minimum atomic E-state index is -3.34. The van der Waals surface area contributed by atoms with Crippen molar-refractivity contribution in [2.45, 2.75) is 13.3 Å². The lowest BCUT2D eigenvalue weighted by atomic mass is 10.1. The summed E-state index contributed by atoms with van der Waals surface area (Å²) in [5.74, 6) is -1.72. The summed E-state index contributed by atoms with van der Waals surface area (Å²) in [5, 5.41) is 2.82. The van der Waals surface area contributed by atoms with Gasteiger partial charge in [0.2, 0.25) is 10.0 Å². The molecule has 11 heteroatoms. The first-order valence-electron chi connectivity index (χ1n) is 10.4. The van der Waals surface area contributed by atoms with Crippen LogP contribution in [0.4, 0.5) is 14.5 Å². The molecule has 4 rings (SSSR count). The van der Waals surface area contributed by atoms with E-state index >= 15 is 0 Å². The Morgan fingerprint density at radius 3 is 2.56 bits per heavy atom. The summed E-state index contributed by atoms with van der Waals surface area (Å²) in [6.07, 6.45) is 1.95. The molecule has 0 aliphatic heterocycles. The fourth-order valence-electron chi connectivity index (χ4n) is 3.32. The van der Waals surface area contributed by atoms with Gasteiger partial charge in [0.15, 0.2) is 5.65 Å². The molecule has 3 N–H and O–H groups in total. The van der Waals surface area contributed by atoms with Gasteiger partial charge in [-0.3, -0.25) is 9.52 Å². The molecule has 4 aromatic rings. The SMILES string of the molecule is CCS(=O)(=O)Nc1ccc(CCNC(=O)c2ccnc3nc(-c4ccc(F)cc4F)[nH]c23)cc1. The fourth-order valence-corrected chi connectivity index (χ4v) is 3.96. The van der Waals surface area contributed by atoms with E-state index in [0.29, 0.717) is 24.2 Å². The normalized spacial score (nSPS) is 11.5. The standard InChI is InChI=1S/C23H21F2N5O3S/c1-2-34(32,33)30-16-6-3-14(4-7-16)9-11-27-23(31)18-10-12-26-22-20(18)28-21(29-22)17-8-5-15(24)13-19(17)25/h3-8,10,12-13,30H,2,9,11H2,1H3,(H,27,31)(H,26,28,29). The van der Waals surface area contributed by atoms with E-state index < -0.39 is 21.7 Å². The molecule has 0 saturated carbocycles. The van der Waals surface area contributed by atoms with Crippen LogP contribution in [0.25, 0.3) is 22.6 Å². The molecular formula is C23H21F2N5O3S. The van der Waals surface area contributed by atoms with Crippen molar-refractivity contribution < 1.29 is 22.0 Å². The fraction of sp³-hybridized carbons (Fsp3) is 0.174. The first-order chi connectivity index (χ1) is 16.3. The molecule has 0 fully saturated rings. The highest BCUT2D eigenvalue weighted by atomic mass is 32.2. The number of halogens is 2. The van der Waals surface area contributed by atoms with Crippen molar-refractivity contribution in [2.75, 3.05) is 17.0 Å². The Kier molecular flexibility index (Phi) is 6.55. The number of aromatic amines is 1. The van der Waals surface area contributed by atoms with Crippen molar-refractivity contribution in [3.05, 3.63) is 77.5 Å². The zero-order valence-corrected chi connectivity index (χ0v) is 18.9. The van der Waals surface area contributed by atoms with Crippen LogP contribution in [0, 0.1) is 11.6 Å². The Bertz CT molecular complexity index is 1450. The van der Waals surface area contributed by atoms with Crippen LogP contribution in [0.15, 0.2) is 54.7 Å². The van der Waals surface area contributed by atoms with E-state index in [1.165, 1.54) is 18.3 Å². The molecule has 0 aliphatic rings. The lowest BCUT2D eigenvalue weighted by Gasteiger charge is -2.08. The second-order valence-corrected chi connectivity index (χ2v) is 9.49. The number of H-pyrrole nitrogens is 1. The lowest BCUT2D eigenvalue weighted by Crippen LogP contribution is -2.26. The van der Waals surface area contributed by atoms with Gasteiger partial charge in [-0.05, 0) is 49.2 Å². The van der Waals surface area contributed by atoms with Gasteiger partial charge in [0.05, 0.1) is 22.4 Å². The number of fused-ring (bicyclic) bond motifs is 1. The smallest absolute Gasteiger partial charge is 0.253 e. The number of amides is 1. The van der Waals surface area contributed by atoms with Gasteiger partial charge in [0.25, 0.3) is 5.91 Å². The number of anilines is 1. The Morgan fingerprint density at radius 1 is 1.09 bits per heavy atom. The molecule has 0 saturated heterocycles. The summed E-state index contributed by atoms with van der Waals surface area (Å²) >= 11 is 0. The molecule has 0 aliphatic carbocycles. The maximum Gasteiger partial charge on any atom is 0.253 e. The number of benzene rings is 2. The first-order valence-corrected chi connectivity index (χ1v) is 12.1. The highest BCUT2D eigenvalue weighted by Crippen LogP contribution is 2.24. The van der Waals surface area contributed by atoms with Crippen molar-refractivity contribution in [3.8, 4) is 11.4 Å². The van der Waals surface area contributed by atoms with Crippen LogP contribution in [0.5, 0.6) is 0 Å². The monoisotopic (exact) mass is 485 g/mol. The van der Waals surface area contributed by atoms with Crippen molar-refractivity contribution in [1.29, 1.82) is 0 Å². The first kappa shape index (κ1) is 23.3. The van der Waals surface area contributed by atoms with Crippen molar-refractivity contribution in [3.63, 3.8) is 0 Å². The molecular weight excluding hydrogens is 464 g/mol. The number of nitrogens with one attached hydrogen (secondary N) is 3. The number of nitrogens with zero attached hydrogens (tertiary/aromatic N) is 2. The van der Waals surface area contributed by atoms with Gasteiger partial charge < -0.3 is 10.3 Å². The minimum absolute atomic E-state index is 0.0142. The molecule has 8 nitrogen and oxygen atoms in total. The summed E-state index contributed by atoms with van der Waals surface area (Å²) in [6.45, 7) is 1.89. The Hall–Kier alpha value is -3.86. The van der Waals surface area contributed by atoms with E-state index in [0.717, 1.165) is 17.7 Å². The Labute approximate surface area is 194 Å². The number of sulfonamides is 1. The van der Waals surface area contributed by atoms with Gasteiger partial charge in [-0.25, -0.2) is 27.2 Å². The van der Waals surface area contributed by atoms with E-state index in [2.05, 4.69) is 25.0 Å². The average molecular weight is 486 g/mol. The summed E-state index contributed by atoms with van der Waals surface area (Å²) in [5.41, 5.74) is 2.31. The third kappa shape index (κ3) is 5.20. The molecule has 176 valence electrons. The molecule has 0 radical (unpaired) electrons. The number of hydrogen-bond acceptors (Lipinski definition) is 5. The predicted molar refractivity (Wildman–Crippen MR) is 125 cm³/mol. The average Bonchev–Trinajstić information content (AvgIpc) is 3.24. The minimum Gasteiger partial charge on any atom is -0.352 e. The number of imidazole rings is 1. The molecule has 2 aromatic carbocycles. The molecule has 0 unspecified atom stereocenters. The van der Waals surface area contributed by atoms with Gasteiger partial charge in [-0.2, -0.15) is 0 Å². The number of rotatable bonds is 8. The molecule has 0 atom stereocenters. The number of carbonyl (C=O) groups is 1. The van der Waals surface area contributed by atoms with E-state index in [9.17, 15) is 22.0 Å². The summed E-state index contributed by atoms with van der Waals surface area (Å²) < 4.78 is 53.1. The van der Waals surface area contributed by atoms with E-state index in [1.54, 1.807) is 31.2 Å². The van der Waals surface area contributed by atoms with E-state index in [4.69, 9.17) is 0 Å². The number of pyridine rings is 1. The van der Waals surface area contributed by atoms with Gasteiger partial charge in [0, 0.05) is 24.5 Å². The second-order valence-electron chi connectivity index (χ2n) is 7.48. The van der Waals surface area contributed by atoms with Crippen LogP contribution < -0.4 is 10.0 Å².